The molecule has 23 unspecified atom stereocenters. The Kier molecular flexibility index (Phi) is 23.9. The van der Waals surface area contributed by atoms with Crippen molar-refractivity contribution in [1.29, 1.82) is 5.26 Å². The van der Waals surface area contributed by atoms with E-state index in [-0.39, 0.29) is 96.2 Å². The lowest BCUT2D eigenvalue weighted by atomic mass is 9.52. The Labute approximate surface area is 611 Å². The van der Waals surface area contributed by atoms with Gasteiger partial charge in [0.2, 0.25) is 0 Å². The van der Waals surface area contributed by atoms with Crippen molar-refractivity contribution in [2.24, 2.45) is 86.3 Å². The maximum Gasteiger partial charge on any atom is 0.414 e. The Balaban J connectivity index is 0.000000141. The molecule has 15 rings (SSSR count). The zero-order chi connectivity index (χ0) is 75.5. The Hall–Kier alpha value is -4.72. The van der Waals surface area contributed by atoms with Gasteiger partial charge < -0.3 is 56.8 Å². The van der Waals surface area contributed by atoms with E-state index in [1.165, 1.54) is 32.1 Å². The second-order valence-corrected chi connectivity index (χ2v) is 36.5. The number of ether oxygens (including phenoxy) is 12. The molecule has 104 heavy (non-hydrogen) atoms. The normalized spacial score (nSPS) is 39.1. The number of carbonyl (C=O) groups excluding carboxylic acids is 7. The molecule has 0 aromatic heterocycles. The minimum Gasteiger partial charge on any atom is -0.464 e. The quantitative estimate of drug-likeness (QED) is 0.0419. The molecule has 23 atom stereocenters. The molecule has 11 aliphatic carbocycles. The third-order valence-electron chi connectivity index (χ3n) is 26.9. The molecule has 586 valence electrons. The highest BCUT2D eigenvalue weighted by Gasteiger charge is 2.73. The topological polar surface area (TPSA) is 297 Å². The van der Waals surface area contributed by atoms with Crippen LogP contribution in [0.4, 0.5) is 13.2 Å². The first-order valence-corrected chi connectivity index (χ1v) is 40.4. The summed E-state index contributed by atoms with van der Waals surface area (Å²) in [5.74, 6) is -0.324. The number of nitriles is 1. The average molecular weight is 1490 g/mol. The van der Waals surface area contributed by atoms with Crippen LogP contribution in [0.15, 0.2) is 0 Å². The van der Waals surface area contributed by atoms with Crippen molar-refractivity contribution < 1.29 is 116 Å². The molecular weight excluding hydrogens is 1380 g/mol. The van der Waals surface area contributed by atoms with Crippen LogP contribution in [-0.2, 0) is 105 Å². The second kappa shape index (κ2) is 31.0. The predicted octanol–water partition coefficient (Wildman–Crippen LogP) is 11.5. The van der Waals surface area contributed by atoms with Crippen molar-refractivity contribution in [3.63, 3.8) is 0 Å². The molecule has 15 aliphatic rings. The fourth-order valence-corrected chi connectivity index (χ4v) is 21.7. The summed E-state index contributed by atoms with van der Waals surface area (Å²) in [6.45, 7) is 23.8. The van der Waals surface area contributed by atoms with E-state index in [2.05, 4.69) is 6.07 Å². The van der Waals surface area contributed by atoms with Gasteiger partial charge in [-0.1, -0.05) is 47.0 Å². The molecule has 0 radical (unpaired) electrons. The highest BCUT2D eigenvalue weighted by atomic mass is 32.2. The number of nitrogens with zero attached hydrogens (tertiary/aromatic N) is 1. The van der Waals surface area contributed by atoms with E-state index in [9.17, 15) is 60.4 Å². The van der Waals surface area contributed by atoms with Crippen molar-refractivity contribution in [2.75, 3.05) is 46.2 Å². The highest BCUT2D eigenvalue weighted by molar-refractivity contribution is 7.87. The van der Waals surface area contributed by atoms with Gasteiger partial charge >= 0.3 is 48.0 Å². The Morgan fingerprint density at radius 1 is 0.606 bits per heavy atom. The average Bonchev–Trinajstić information content (AvgIpc) is 1.46. The van der Waals surface area contributed by atoms with Crippen LogP contribution in [0, 0.1) is 97.6 Å². The SMILES string of the molecule is CCC(C)(COC(C)C(F)(F)F)C(=O)OC12CC3CC(C1)CC(OC1CCOC1=O)(C3)C2.CCC(C)(COC(C)C)C(=O)OC1C2CC3C(=O)OC1C3C2.CCC(C)(COCC1CCCCC1)C(=O)OC1C2CC3C1OC(=O)C3(C#N)C2.CCOCC(C)(CC)C(=O)OC1C2CC3C1OS(=O)(=O)C3C2. The van der Waals surface area contributed by atoms with Gasteiger partial charge in [0.1, 0.15) is 42.2 Å². The molecule has 15 fully saturated rings. The van der Waals surface area contributed by atoms with Gasteiger partial charge in [-0.25, -0.2) is 4.79 Å². The van der Waals surface area contributed by atoms with E-state index in [4.69, 9.17) is 61.0 Å². The number of esters is 7. The lowest BCUT2D eigenvalue weighted by Gasteiger charge is -2.61. The lowest BCUT2D eigenvalue weighted by molar-refractivity contribution is -0.251. The van der Waals surface area contributed by atoms with Crippen molar-refractivity contribution in [3.8, 4) is 6.07 Å². The molecule has 0 spiro atoms. The summed E-state index contributed by atoms with van der Waals surface area (Å²) in [4.78, 5) is 87.5. The fraction of sp³-hybridized carbons (Fsp3) is 0.896. The molecule has 4 saturated heterocycles. The fourth-order valence-electron chi connectivity index (χ4n) is 19.9. The zero-order valence-electron chi connectivity index (χ0n) is 63.0. The number of alkyl halides is 3. The number of hydrogen-bond donors (Lipinski definition) is 0. The summed E-state index contributed by atoms with van der Waals surface area (Å²) in [6.07, 6.45) is 8.79. The standard InChI is InChI=1S/C23H33F3O6.C22H31NO5.C17H26O5.C15H24O6S/c1-4-20(3,13-30-14(2)23(24,25)26)19(28)32-22-10-15-7-16(11-22)9-21(8-15,12-22)31-17-5-6-29-18(17)27;1-3-21(2,13-26-11-14-7-5-4-6-8-14)19(24)27-17-15-9-16-18(17)28-20(25)22(16,10-15)12-23;1-5-17(4,8-20-9(2)3)16(19)22-13-10-6-11-12(7-10)15(18)21-14(11)13;1-4-15(3,8-19-5-2)14(16)20-12-9-6-10-11(7-9)22(17,18)21-13(10)12/h14-17H,4-13H2,1-3H3;14-18H,3-11,13H2,1-2H3;9-14H,5-8H2,1-4H3;9-13H,4-8H2,1-3H3. The first-order chi connectivity index (χ1) is 49.0. The third-order valence-corrected chi connectivity index (χ3v) is 28.7. The van der Waals surface area contributed by atoms with Crippen molar-refractivity contribution in [2.45, 2.75) is 302 Å². The van der Waals surface area contributed by atoms with Crippen molar-refractivity contribution in [1.82, 2.24) is 0 Å². The summed E-state index contributed by atoms with van der Waals surface area (Å²) in [5.41, 5.74) is -5.44. The zero-order valence-corrected chi connectivity index (χ0v) is 63.8. The minimum absolute atomic E-state index is 0.00688. The van der Waals surface area contributed by atoms with Crippen LogP contribution >= 0.6 is 0 Å². The Morgan fingerprint density at radius 2 is 1.15 bits per heavy atom. The molecule has 11 saturated carbocycles. The molecule has 10 bridgehead atoms. The van der Waals surface area contributed by atoms with E-state index < -0.39 is 108 Å². The summed E-state index contributed by atoms with van der Waals surface area (Å²) in [7, 11) is -3.47. The van der Waals surface area contributed by atoms with Crippen LogP contribution in [-0.4, -0.2) is 174 Å². The molecule has 4 aliphatic heterocycles. The molecule has 4 heterocycles. The summed E-state index contributed by atoms with van der Waals surface area (Å²) >= 11 is 0. The van der Waals surface area contributed by atoms with Gasteiger partial charge in [-0.05, 0) is 182 Å². The maximum atomic E-state index is 13.2. The van der Waals surface area contributed by atoms with E-state index in [1.54, 1.807) is 13.8 Å². The molecule has 0 aromatic carbocycles. The molecule has 0 aromatic rings. The van der Waals surface area contributed by atoms with E-state index in [1.807, 2.05) is 62.3 Å². The van der Waals surface area contributed by atoms with Gasteiger partial charge in [0.05, 0.1) is 83.6 Å². The van der Waals surface area contributed by atoms with Gasteiger partial charge in [0.25, 0.3) is 10.1 Å². The van der Waals surface area contributed by atoms with Crippen LogP contribution in [0.3, 0.4) is 0 Å². The van der Waals surface area contributed by atoms with E-state index in [0.29, 0.717) is 109 Å². The lowest BCUT2D eigenvalue weighted by Crippen LogP contribution is -2.63. The first-order valence-electron chi connectivity index (χ1n) is 38.9. The minimum atomic E-state index is -4.48. The van der Waals surface area contributed by atoms with Crippen LogP contribution < -0.4 is 0 Å². The molecule has 0 N–H and O–H groups in total. The summed E-state index contributed by atoms with van der Waals surface area (Å²) in [5, 5.41) is 9.11. The van der Waals surface area contributed by atoms with Gasteiger partial charge in [-0.3, -0.25) is 33.0 Å². The molecular formula is C77H114F3NO22S. The number of rotatable bonds is 27. The monoisotopic (exact) mass is 1490 g/mol. The van der Waals surface area contributed by atoms with Gasteiger partial charge in [0, 0.05) is 61.6 Å². The number of hydrogen-bond acceptors (Lipinski definition) is 23. The van der Waals surface area contributed by atoms with E-state index in [0.717, 1.165) is 64.7 Å². The Bertz CT molecular complexity index is 3310. The summed E-state index contributed by atoms with van der Waals surface area (Å²) in [6, 6.07) is 2.19. The number of halogens is 3. The van der Waals surface area contributed by atoms with Crippen molar-refractivity contribution in [3.05, 3.63) is 0 Å². The number of carbonyl (C=O) groups is 7. The van der Waals surface area contributed by atoms with Gasteiger partial charge in [0.15, 0.2) is 17.6 Å². The number of fused-ring (bicyclic) bond motifs is 3. The van der Waals surface area contributed by atoms with E-state index >= 15 is 0 Å². The molecule has 23 nitrogen and oxygen atoms in total. The molecule has 27 heteroatoms. The van der Waals surface area contributed by atoms with Gasteiger partial charge in [-0.2, -0.15) is 26.9 Å². The maximum absolute atomic E-state index is 13.2. The number of cyclic esters (lactones) is 1. The largest absolute Gasteiger partial charge is 0.464 e. The van der Waals surface area contributed by atoms with Crippen LogP contribution in [0.25, 0.3) is 0 Å². The third kappa shape index (κ3) is 15.9. The van der Waals surface area contributed by atoms with Crippen molar-refractivity contribution >= 4 is 51.9 Å². The van der Waals surface area contributed by atoms with Crippen LogP contribution in [0.2, 0.25) is 0 Å². The smallest absolute Gasteiger partial charge is 0.414 e. The van der Waals surface area contributed by atoms with Crippen LogP contribution in [0.1, 0.15) is 224 Å². The Morgan fingerprint density at radius 3 is 1.72 bits per heavy atom. The highest BCUT2D eigenvalue weighted by Crippen LogP contribution is 2.64. The molecule has 0 amide bonds. The summed E-state index contributed by atoms with van der Waals surface area (Å²) < 4.78 is 136. The van der Waals surface area contributed by atoms with Gasteiger partial charge in [-0.15, -0.1) is 0 Å². The van der Waals surface area contributed by atoms with Crippen LogP contribution in [0.5, 0.6) is 0 Å². The first kappa shape index (κ1) is 80.3. The second-order valence-electron chi connectivity index (χ2n) is 34.7. The predicted molar refractivity (Wildman–Crippen MR) is 364 cm³/mol.